The molecule has 0 spiro atoms. The van der Waals surface area contributed by atoms with E-state index in [9.17, 15) is 9.59 Å². The lowest BCUT2D eigenvalue weighted by Crippen LogP contribution is -2.34. The number of carbonyl (C=O) groups is 1. The Balaban J connectivity index is 1.76. The van der Waals surface area contributed by atoms with Crippen molar-refractivity contribution < 1.29 is 13.9 Å². The fraction of sp³-hybridized carbons (Fsp3) is 0.238. The summed E-state index contributed by atoms with van der Waals surface area (Å²) < 4.78 is 11.4. The van der Waals surface area contributed by atoms with E-state index in [1.807, 2.05) is 30.3 Å². The molecule has 1 aliphatic rings. The highest BCUT2D eigenvalue weighted by Crippen LogP contribution is 2.35. The van der Waals surface area contributed by atoms with Gasteiger partial charge in [0.1, 0.15) is 23.6 Å². The molecule has 0 radical (unpaired) electrons. The van der Waals surface area contributed by atoms with Gasteiger partial charge in [0.25, 0.3) is 0 Å². The quantitative estimate of drug-likeness (QED) is 0.530. The summed E-state index contributed by atoms with van der Waals surface area (Å²) in [6.07, 6.45) is 0. The van der Waals surface area contributed by atoms with Gasteiger partial charge < -0.3 is 9.15 Å². The molecule has 5 nitrogen and oxygen atoms in total. The highest BCUT2D eigenvalue weighted by Gasteiger charge is 2.26. The van der Waals surface area contributed by atoms with E-state index in [0.29, 0.717) is 24.6 Å². The SMILES string of the molecule is CC(=O)c1cc2ccc3c(c2oc1=O)CN(C(C)c1ccccc1)CO3. The molecule has 26 heavy (non-hydrogen) atoms. The second-order valence-electron chi connectivity index (χ2n) is 6.57. The number of rotatable bonds is 3. The normalized spacial score (nSPS) is 15.3. The number of Topliss-reactive ketones (excluding diaryl/α,β-unsaturated/α-hetero) is 1. The fourth-order valence-corrected chi connectivity index (χ4v) is 3.35. The number of ether oxygens (including phenoxy) is 1. The molecule has 0 saturated carbocycles. The van der Waals surface area contributed by atoms with Gasteiger partial charge in [0, 0.05) is 18.0 Å². The van der Waals surface area contributed by atoms with Gasteiger partial charge in [0.15, 0.2) is 5.78 Å². The number of fused-ring (bicyclic) bond motifs is 3. The largest absolute Gasteiger partial charge is 0.478 e. The molecule has 0 bridgehead atoms. The minimum absolute atomic E-state index is 0.0729. The zero-order valence-corrected chi connectivity index (χ0v) is 14.7. The smallest absolute Gasteiger partial charge is 0.347 e. The first-order chi connectivity index (χ1) is 12.5. The van der Waals surface area contributed by atoms with Crippen LogP contribution in [0.4, 0.5) is 0 Å². The number of hydrogen-bond acceptors (Lipinski definition) is 5. The molecule has 0 aliphatic carbocycles. The minimum atomic E-state index is -0.605. The summed E-state index contributed by atoms with van der Waals surface area (Å²) in [7, 11) is 0. The first-order valence-corrected chi connectivity index (χ1v) is 8.57. The Hall–Kier alpha value is -2.92. The number of nitrogens with zero attached hydrogens (tertiary/aromatic N) is 1. The molecule has 1 atom stereocenters. The molecule has 5 heteroatoms. The molecule has 2 aromatic carbocycles. The van der Waals surface area contributed by atoms with Gasteiger partial charge in [-0.1, -0.05) is 30.3 Å². The lowest BCUT2D eigenvalue weighted by Gasteiger charge is -2.34. The standard InChI is InChI=1S/C21H19NO4/c1-13(15-6-4-3-5-7-15)22-11-18-19(25-12-22)9-8-16-10-17(14(2)23)21(24)26-20(16)18/h3-10,13H,11-12H2,1-2H3. The fourth-order valence-electron chi connectivity index (χ4n) is 3.35. The lowest BCUT2D eigenvalue weighted by molar-refractivity contribution is 0.0620. The maximum atomic E-state index is 12.2. The van der Waals surface area contributed by atoms with Crippen molar-refractivity contribution in [2.24, 2.45) is 0 Å². The molecular formula is C21H19NO4. The molecule has 0 fully saturated rings. The van der Waals surface area contributed by atoms with Crippen molar-refractivity contribution >= 4 is 16.8 Å². The average Bonchev–Trinajstić information content (AvgIpc) is 2.67. The van der Waals surface area contributed by atoms with Crippen molar-refractivity contribution in [2.45, 2.75) is 26.4 Å². The van der Waals surface area contributed by atoms with E-state index < -0.39 is 5.63 Å². The van der Waals surface area contributed by atoms with Crippen molar-refractivity contribution in [2.75, 3.05) is 6.73 Å². The zero-order chi connectivity index (χ0) is 18.3. The van der Waals surface area contributed by atoms with Gasteiger partial charge in [0.05, 0.1) is 5.56 Å². The third kappa shape index (κ3) is 2.80. The molecule has 0 N–H and O–H groups in total. The molecule has 132 valence electrons. The van der Waals surface area contributed by atoms with Crippen molar-refractivity contribution in [3.05, 3.63) is 75.6 Å². The van der Waals surface area contributed by atoms with Crippen molar-refractivity contribution in [3.63, 3.8) is 0 Å². The Labute approximate surface area is 150 Å². The number of ketones is 1. The summed E-state index contributed by atoms with van der Waals surface area (Å²) in [4.78, 5) is 25.9. The average molecular weight is 349 g/mol. The van der Waals surface area contributed by atoms with Crippen LogP contribution in [0, 0.1) is 0 Å². The summed E-state index contributed by atoms with van der Waals surface area (Å²) in [5.74, 6) is 0.418. The lowest BCUT2D eigenvalue weighted by atomic mass is 10.0. The predicted molar refractivity (Wildman–Crippen MR) is 98.4 cm³/mol. The van der Waals surface area contributed by atoms with Crippen LogP contribution in [0.15, 0.2) is 57.7 Å². The summed E-state index contributed by atoms with van der Waals surface area (Å²) in [6, 6.07) is 15.6. The first kappa shape index (κ1) is 16.5. The number of benzene rings is 2. The molecule has 0 amide bonds. The van der Waals surface area contributed by atoms with Crippen molar-refractivity contribution in [1.82, 2.24) is 4.90 Å². The van der Waals surface area contributed by atoms with Crippen LogP contribution >= 0.6 is 0 Å². The van der Waals surface area contributed by atoms with Gasteiger partial charge >= 0.3 is 5.63 Å². The molecule has 1 unspecified atom stereocenters. The highest BCUT2D eigenvalue weighted by molar-refractivity contribution is 5.97. The summed E-state index contributed by atoms with van der Waals surface area (Å²) in [6.45, 7) is 4.55. The van der Waals surface area contributed by atoms with E-state index in [0.717, 1.165) is 10.9 Å². The Morgan fingerprint density at radius 1 is 1.15 bits per heavy atom. The molecule has 1 aliphatic heterocycles. The van der Waals surface area contributed by atoms with Crippen LogP contribution in [-0.4, -0.2) is 17.4 Å². The third-order valence-corrected chi connectivity index (χ3v) is 4.92. The number of hydrogen-bond donors (Lipinski definition) is 0. The number of carbonyl (C=O) groups excluding carboxylic acids is 1. The molecule has 2 heterocycles. The predicted octanol–water partition coefficient (Wildman–Crippen LogP) is 3.91. The first-order valence-electron chi connectivity index (χ1n) is 8.57. The molecule has 0 saturated heterocycles. The minimum Gasteiger partial charge on any atom is -0.478 e. The monoisotopic (exact) mass is 349 g/mol. The van der Waals surface area contributed by atoms with E-state index in [1.165, 1.54) is 12.5 Å². The Morgan fingerprint density at radius 3 is 2.65 bits per heavy atom. The van der Waals surface area contributed by atoms with Crippen LogP contribution in [0.1, 0.15) is 41.4 Å². The Kier molecular flexibility index (Phi) is 4.09. The maximum absolute atomic E-state index is 12.2. The van der Waals surface area contributed by atoms with Crippen LogP contribution < -0.4 is 10.4 Å². The zero-order valence-electron chi connectivity index (χ0n) is 14.7. The van der Waals surface area contributed by atoms with E-state index >= 15 is 0 Å². The highest BCUT2D eigenvalue weighted by atomic mass is 16.5. The Bertz CT molecular complexity index is 1040. The molecule has 4 rings (SSSR count). The van der Waals surface area contributed by atoms with Crippen molar-refractivity contribution in [1.29, 1.82) is 0 Å². The van der Waals surface area contributed by atoms with E-state index in [2.05, 4.69) is 24.0 Å². The Morgan fingerprint density at radius 2 is 1.92 bits per heavy atom. The van der Waals surface area contributed by atoms with E-state index in [4.69, 9.17) is 9.15 Å². The van der Waals surface area contributed by atoms with Gasteiger partial charge in [-0.05, 0) is 37.6 Å². The topological polar surface area (TPSA) is 59.8 Å². The van der Waals surface area contributed by atoms with Crippen LogP contribution in [-0.2, 0) is 6.54 Å². The maximum Gasteiger partial charge on any atom is 0.347 e. The van der Waals surface area contributed by atoms with Crippen LogP contribution in [0.25, 0.3) is 11.0 Å². The molecular weight excluding hydrogens is 330 g/mol. The second-order valence-corrected chi connectivity index (χ2v) is 6.57. The van der Waals surface area contributed by atoms with Crippen LogP contribution in [0.5, 0.6) is 5.75 Å². The van der Waals surface area contributed by atoms with Crippen molar-refractivity contribution in [3.8, 4) is 5.75 Å². The third-order valence-electron chi connectivity index (χ3n) is 4.92. The van der Waals surface area contributed by atoms with Gasteiger partial charge in [-0.15, -0.1) is 0 Å². The summed E-state index contributed by atoms with van der Waals surface area (Å²) >= 11 is 0. The van der Waals surface area contributed by atoms with Gasteiger partial charge in [-0.3, -0.25) is 9.69 Å². The summed E-state index contributed by atoms with van der Waals surface area (Å²) in [5.41, 5.74) is 1.99. The molecule has 3 aromatic rings. The summed E-state index contributed by atoms with van der Waals surface area (Å²) in [5, 5.41) is 0.728. The van der Waals surface area contributed by atoms with Crippen LogP contribution in [0.3, 0.4) is 0 Å². The van der Waals surface area contributed by atoms with Gasteiger partial charge in [-0.25, -0.2) is 4.79 Å². The van der Waals surface area contributed by atoms with Gasteiger partial charge in [0.2, 0.25) is 0 Å². The van der Waals surface area contributed by atoms with E-state index in [-0.39, 0.29) is 17.4 Å². The van der Waals surface area contributed by atoms with Gasteiger partial charge in [-0.2, -0.15) is 0 Å². The van der Waals surface area contributed by atoms with Crippen LogP contribution in [0.2, 0.25) is 0 Å². The second kappa shape index (κ2) is 6.42. The van der Waals surface area contributed by atoms with E-state index in [1.54, 1.807) is 6.07 Å². The molecule has 1 aromatic heterocycles.